The van der Waals surface area contributed by atoms with E-state index in [4.69, 9.17) is 0 Å². The number of rotatable bonds is 7. The fraction of sp³-hybridized carbons (Fsp3) is 0.278. The summed E-state index contributed by atoms with van der Waals surface area (Å²) in [6.45, 7) is 2.74. The lowest BCUT2D eigenvalue weighted by atomic mass is 10.1. The minimum atomic E-state index is -0.202. The monoisotopic (exact) mass is 300 g/mol. The van der Waals surface area contributed by atoms with Crippen molar-refractivity contribution in [3.63, 3.8) is 0 Å². The van der Waals surface area contributed by atoms with Crippen molar-refractivity contribution >= 4 is 5.91 Å². The van der Waals surface area contributed by atoms with Gasteiger partial charge in [-0.05, 0) is 37.1 Å². The van der Waals surface area contributed by atoms with Gasteiger partial charge in [-0.25, -0.2) is 4.39 Å². The number of nitrogens with one attached hydrogen (secondary N) is 2. The maximum absolute atomic E-state index is 13.4. The number of carbonyl (C=O) groups is 1. The molecule has 0 aliphatic rings. The van der Waals surface area contributed by atoms with Crippen LogP contribution in [0.5, 0.6) is 0 Å². The predicted octanol–water partition coefficient (Wildman–Crippen LogP) is 2.84. The van der Waals surface area contributed by atoms with Gasteiger partial charge in [0.2, 0.25) is 5.91 Å². The van der Waals surface area contributed by atoms with E-state index in [2.05, 4.69) is 10.6 Å². The van der Waals surface area contributed by atoms with E-state index in [9.17, 15) is 9.18 Å². The van der Waals surface area contributed by atoms with Crippen LogP contribution in [-0.4, -0.2) is 19.0 Å². The topological polar surface area (TPSA) is 41.1 Å². The zero-order chi connectivity index (χ0) is 15.8. The van der Waals surface area contributed by atoms with E-state index in [1.165, 1.54) is 6.07 Å². The van der Waals surface area contributed by atoms with Crippen molar-refractivity contribution in [1.29, 1.82) is 0 Å². The van der Waals surface area contributed by atoms with Crippen LogP contribution in [0.3, 0.4) is 0 Å². The average molecular weight is 300 g/mol. The van der Waals surface area contributed by atoms with Gasteiger partial charge >= 0.3 is 0 Å². The molecule has 3 nitrogen and oxygen atoms in total. The van der Waals surface area contributed by atoms with Gasteiger partial charge in [-0.3, -0.25) is 4.79 Å². The molecule has 0 radical (unpaired) electrons. The molecule has 2 rings (SSSR count). The normalized spacial score (nSPS) is 11.9. The molecule has 2 aromatic carbocycles. The fourth-order valence-electron chi connectivity index (χ4n) is 2.24. The molecule has 0 aromatic heterocycles. The van der Waals surface area contributed by atoms with Crippen molar-refractivity contribution in [3.8, 4) is 0 Å². The third-order valence-corrected chi connectivity index (χ3v) is 3.49. The van der Waals surface area contributed by atoms with Crippen molar-refractivity contribution in [3.05, 3.63) is 71.5 Å². The standard InChI is InChI=1S/C18H21FN2O/c1-14(15-7-3-2-4-8-15)21-18(22)13-20-12-11-16-9-5-6-10-17(16)19/h2-10,14,20H,11-13H2,1H3,(H,21,22). The molecule has 0 bridgehead atoms. The van der Waals surface area contributed by atoms with Crippen LogP contribution in [0.2, 0.25) is 0 Å². The third kappa shape index (κ3) is 4.97. The summed E-state index contributed by atoms with van der Waals surface area (Å²) in [7, 11) is 0. The molecular formula is C18H21FN2O. The number of amides is 1. The summed E-state index contributed by atoms with van der Waals surface area (Å²) >= 11 is 0. The molecule has 0 fully saturated rings. The van der Waals surface area contributed by atoms with Gasteiger partial charge in [0.1, 0.15) is 5.82 Å². The van der Waals surface area contributed by atoms with Crippen LogP contribution in [0.1, 0.15) is 24.1 Å². The summed E-state index contributed by atoms with van der Waals surface area (Å²) in [5.74, 6) is -0.267. The van der Waals surface area contributed by atoms with Gasteiger partial charge < -0.3 is 10.6 Å². The Morgan fingerprint density at radius 2 is 1.77 bits per heavy atom. The lowest BCUT2D eigenvalue weighted by Crippen LogP contribution is -2.36. The molecule has 1 unspecified atom stereocenters. The summed E-state index contributed by atoms with van der Waals surface area (Å²) in [5.41, 5.74) is 1.73. The van der Waals surface area contributed by atoms with Crippen molar-refractivity contribution in [1.82, 2.24) is 10.6 Å². The summed E-state index contributed by atoms with van der Waals surface area (Å²) in [6, 6.07) is 16.5. The van der Waals surface area contributed by atoms with Crippen LogP contribution in [0, 0.1) is 5.82 Å². The van der Waals surface area contributed by atoms with Crippen LogP contribution in [0.4, 0.5) is 4.39 Å². The van der Waals surface area contributed by atoms with Crippen LogP contribution in [0.15, 0.2) is 54.6 Å². The van der Waals surface area contributed by atoms with Crippen LogP contribution < -0.4 is 10.6 Å². The largest absolute Gasteiger partial charge is 0.348 e. The molecule has 4 heteroatoms. The van der Waals surface area contributed by atoms with Gasteiger partial charge in [0.15, 0.2) is 0 Å². The van der Waals surface area contributed by atoms with Gasteiger partial charge in [-0.2, -0.15) is 0 Å². The maximum atomic E-state index is 13.4. The molecule has 22 heavy (non-hydrogen) atoms. The fourth-order valence-corrected chi connectivity index (χ4v) is 2.24. The van der Waals surface area contributed by atoms with E-state index in [1.54, 1.807) is 12.1 Å². The van der Waals surface area contributed by atoms with E-state index in [1.807, 2.05) is 43.3 Å². The predicted molar refractivity (Wildman–Crippen MR) is 86.0 cm³/mol. The second-order valence-electron chi connectivity index (χ2n) is 5.22. The lowest BCUT2D eigenvalue weighted by molar-refractivity contribution is -0.120. The van der Waals surface area contributed by atoms with Crippen molar-refractivity contribution in [2.24, 2.45) is 0 Å². The second kappa shape index (κ2) is 8.29. The molecule has 1 atom stereocenters. The Morgan fingerprint density at radius 1 is 1.09 bits per heavy atom. The van der Waals surface area contributed by atoms with Crippen molar-refractivity contribution in [2.75, 3.05) is 13.1 Å². The Kier molecular flexibility index (Phi) is 6.10. The highest BCUT2D eigenvalue weighted by atomic mass is 19.1. The third-order valence-electron chi connectivity index (χ3n) is 3.49. The number of benzene rings is 2. The highest BCUT2D eigenvalue weighted by Gasteiger charge is 2.08. The van der Waals surface area contributed by atoms with Gasteiger partial charge in [-0.15, -0.1) is 0 Å². The quantitative estimate of drug-likeness (QED) is 0.772. The minimum Gasteiger partial charge on any atom is -0.348 e. The average Bonchev–Trinajstić information content (AvgIpc) is 2.54. The molecule has 2 aromatic rings. The maximum Gasteiger partial charge on any atom is 0.234 e. The van der Waals surface area contributed by atoms with Crippen LogP contribution >= 0.6 is 0 Å². The lowest BCUT2D eigenvalue weighted by Gasteiger charge is -2.14. The first-order valence-corrected chi connectivity index (χ1v) is 7.45. The van der Waals surface area contributed by atoms with E-state index in [0.29, 0.717) is 18.5 Å². The number of halogens is 1. The first-order chi connectivity index (χ1) is 10.7. The number of hydrogen-bond donors (Lipinski definition) is 2. The molecule has 0 saturated carbocycles. The van der Waals surface area contributed by atoms with Crippen LogP contribution in [0.25, 0.3) is 0 Å². The second-order valence-corrected chi connectivity index (χ2v) is 5.22. The molecule has 116 valence electrons. The summed E-state index contributed by atoms with van der Waals surface area (Å²) in [4.78, 5) is 11.9. The molecule has 2 N–H and O–H groups in total. The van der Waals surface area contributed by atoms with Gasteiger partial charge in [0, 0.05) is 0 Å². The van der Waals surface area contributed by atoms with Gasteiger partial charge in [-0.1, -0.05) is 48.5 Å². The Hall–Kier alpha value is -2.20. The highest BCUT2D eigenvalue weighted by molar-refractivity contribution is 5.78. The molecule has 0 saturated heterocycles. The Morgan fingerprint density at radius 3 is 2.50 bits per heavy atom. The Bertz CT molecular complexity index is 601. The van der Waals surface area contributed by atoms with Crippen molar-refractivity contribution < 1.29 is 9.18 Å². The molecule has 0 heterocycles. The molecule has 0 aliphatic heterocycles. The summed E-state index contributed by atoms with van der Waals surface area (Å²) < 4.78 is 13.4. The molecule has 0 aliphatic carbocycles. The smallest absolute Gasteiger partial charge is 0.234 e. The van der Waals surface area contributed by atoms with E-state index >= 15 is 0 Å². The Balaban J connectivity index is 1.69. The van der Waals surface area contributed by atoms with Gasteiger partial charge in [0.25, 0.3) is 0 Å². The zero-order valence-corrected chi connectivity index (χ0v) is 12.7. The molecule has 1 amide bonds. The first-order valence-electron chi connectivity index (χ1n) is 7.45. The first kappa shape index (κ1) is 16.2. The zero-order valence-electron chi connectivity index (χ0n) is 12.7. The highest BCUT2D eigenvalue weighted by Crippen LogP contribution is 2.10. The summed E-state index contributed by atoms with van der Waals surface area (Å²) in [6.07, 6.45) is 0.564. The number of carbonyl (C=O) groups excluding carboxylic acids is 1. The molecular weight excluding hydrogens is 279 g/mol. The van der Waals surface area contributed by atoms with Crippen molar-refractivity contribution in [2.45, 2.75) is 19.4 Å². The minimum absolute atomic E-state index is 0.0259. The Labute approximate surface area is 130 Å². The SMILES string of the molecule is CC(NC(=O)CNCCc1ccccc1F)c1ccccc1. The summed E-state index contributed by atoms with van der Waals surface area (Å²) in [5, 5.41) is 5.97. The van der Waals surface area contributed by atoms with Crippen LogP contribution in [-0.2, 0) is 11.2 Å². The van der Waals surface area contributed by atoms with E-state index in [0.717, 1.165) is 5.56 Å². The van der Waals surface area contributed by atoms with E-state index < -0.39 is 0 Å². The number of hydrogen-bond acceptors (Lipinski definition) is 2. The molecule has 0 spiro atoms. The van der Waals surface area contributed by atoms with Gasteiger partial charge in [0.05, 0.1) is 12.6 Å². The van der Waals surface area contributed by atoms with E-state index in [-0.39, 0.29) is 24.3 Å².